The Balaban J connectivity index is 0. The summed E-state index contributed by atoms with van der Waals surface area (Å²) in [5.74, 6) is 0. The number of hydrogen-bond acceptors (Lipinski definition) is 1. The van der Waals surface area contributed by atoms with Crippen LogP contribution in [0.5, 0.6) is 0 Å². The maximum atomic E-state index is 5.03. The third-order valence-corrected chi connectivity index (χ3v) is 1.70. The van der Waals surface area contributed by atoms with Gasteiger partial charge < -0.3 is 12.6 Å². The van der Waals surface area contributed by atoms with Crippen molar-refractivity contribution >= 4 is 12.6 Å². The molecule has 0 rings (SSSR count). The topological polar surface area (TPSA) is 0 Å². The molecule has 0 aliphatic heterocycles. The van der Waals surface area contributed by atoms with Crippen molar-refractivity contribution in [1.29, 1.82) is 0 Å². The first kappa shape index (κ1) is 13.9. The minimum absolute atomic E-state index is 0. The zero-order chi connectivity index (χ0) is 7.11. The molecule has 2 heteroatoms. The van der Waals surface area contributed by atoms with E-state index in [-0.39, 0.29) is 29.6 Å². The molecule has 0 fully saturated rings. The van der Waals surface area contributed by atoms with Crippen LogP contribution in [0.1, 0.15) is 46.0 Å². The van der Waals surface area contributed by atoms with Crippen molar-refractivity contribution in [2.75, 3.05) is 0 Å². The summed E-state index contributed by atoms with van der Waals surface area (Å²) in [5.41, 5.74) is 0. The molecule has 0 aromatic rings. The van der Waals surface area contributed by atoms with Gasteiger partial charge in [-0.2, -0.15) is 5.25 Å². The van der Waals surface area contributed by atoms with Gasteiger partial charge in [0.05, 0.1) is 0 Å². The third kappa shape index (κ3) is 12.1. The van der Waals surface area contributed by atoms with Crippen LogP contribution in [-0.2, 0) is 12.6 Å². The second-order valence-electron chi connectivity index (χ2n) is 2.66. The van der Waals surface area contributed by atoms with E-state index in [4.69, 9.17) is 12.6 Å². The fraction of sp³-hybridized carbons (Fsp3) is 1.00. The fourth-order valence-corrected chi connectivity index (χ4v) is 1.03. The first-order valence-electron chi connectivity index (χ1n) is 3.93. The van der Waals surface area contributed by atoms with Gasteiger partial charge in [0.1, 0.15) is 0 Å². The minimum atomic E-state index is 0. The van der Waals surface area contributed by atoms with Crippen molar-refractivity contribution in [2.45, 2.75) is 51.2 Å². The summed E-state index contributed by atoms with van der Waals surface area (Å²) in [4.78, 5) is 0. The largest absolute Gasteiger partial charge is 1.00 e. The van der Waals surface area contributed by atoms with Crippen molar-refractivity contribution in [2.24, 2.45) is 0 Å². The number of rotatable bonds is 5. The van der Waals surface area contributed by atoms with Crippen molar-refractivity contribution in [3.63, 3.8) is 0 Å². The summed E-state index contributed by atoms with van der Waals surface area (Å²) in [5, 5.41) is 0.488. The van der Waals surface area contributed by atoms with E-state index in [0.29, 0.717) is 5.25 Å². The molecule has 0 aromatic heterocycles. The molecule has 56 valence electrons. The molecule has 0 saturated heterocycles. The molecular formula is C8H17NaS. The number of unbranched alkanes of at least 4 members (excludes halogenated alkanes) is 3. The molecule has 0 aliphatic rings. The zero-order valence-electron chi connectivity index (χ0n) is 7.52. The maximum Gasteiger partial charge on any atom is 1.00 e. The molecule has 0 aliphatic carbocycles. The molecule has 1 atom stereocenters. The Morgan fingerprint density at radius 2 is 1.80 bits per heavy atom. The molecule has 0 saturated carbocycles. The van der Waals surface area contributed by atoms with E-state index in [1.807, 2.05) is 0 Å². The van der Waals surface area contributed by atoms with Crippen LogP contribution in [0.3, 0.4) is 0 Å². The van der Waals surface area contributed by atoms with E-state index >= 15 is 0 Å². The molecular weight excluding hydrogens is 151 g/mol. The molecule has 0 nitrogen and oxygen atoms in total. The summed E-state index contributed by atoms with van der Waals surface area (Å²) in [6, 6.07) is 0. The Morgan fingerprint density at radius 1 is 1.20 bits per heavy atom. The Labute approximate surface area is 92.9 Å². The van der Waals surface area contributed by atoms with Gasteiger partial charge in [-0.1, -0.05) is 46.0 Å². The van der Waals surface area contributed by atoms with Crippen molar-refractivity contribution in [3.8, 4) is 0 Å². The molecule has 0 bridgehead atoms. The van der Waals surface area contributed by atoms with Crippen LogP contribution in [-0.4, -0.2) is 5.25 Å². The summed E-state index contributed by atoms with van der Waals surface area (Å²) < 4.78 is 0. The average Bonchev–Trinajstić information content (AvgIpc) is 1.80. The van der Waals surface area contributed by atoms with Gasteiger partial charge in [-0.05, 0) is 0 Å². The van der Waals surface area contributed by atoms with E-state index in [0.717, 1.165) is 0 Å². The Kier molecular flexibility index (Phi) is 14.4. The first-order valence-corrected chi connectivity index (χ1v) is 4.40. The summed E-state index contributed by atoms with van der Waals surface area (Å²) in [6.07, 6.45) is 6.64. The summed E-state index contributed by atoms with van der Waals surface area (Å²) >= 11 is 5.03. The van der Waals surface area contributed by atoms with Crippen LogP contribution in [0.4, 0.5) is 0 Å². The average molecular weight is 168 g/mol. The predicted molar refractivity (Wildman–Crippen MR) is 45.6 cm³/mol. The molecule has 0 radical (unpaired) electrons. The van der Waals surface area contributed by atoms with Crippen LogP contribution in [0, 0.1) is 0 Å². The van der Waals surface area contributed by atoms with Crippen LogP contribution in [0.25, 0.3) is 0 Å². The van der Waals surface area contributed by atoms with Gasteiger partial charge in [0.2, 0.25) is 0 Å². The molecule has 0 spiro atoms. The minimum Gasteiger partial charge on any atom is -0.789 e. The molecule has 0 amide bonds. The SMILES string of the molecule is CCCCCCC(C)[S-].[Na+]. The maximum absolute atomic E-state index is 5.03. The van der Waals surface area contributed by atoms with E-state index < -0.39 is 0 Å². The van der Waals surface area contributed by atoms with Gasteiger partial charge in [0, 0.05) is 0 Å². The Hall–Kier alpha value is 1.35. The molecule has 1 unspecified atom stereocenters. The molecule has 0 heterocycles. The van der Waals surface area contributed by atoms with Gasteiger partial charge >= 0.3 is 29.6 Å². The van der Waals surface area contributed by atoms with E-state index in [1.54, 1.807) is 0 Å². The van der Waals surface area contributed by atoms with Crippen LogP contribution < -0.4 is 29.6 Å². The van der Waals surface area contributed by atoms with E-state index in [1.165, 1.54) is 32.1 Å². The van der Waals surface area contributed by atoms with Crippen molar-refractivity contribution in [1.82, 2.24) is 0 Å². The third-order valence-electron chi connectivity index (χ3n) is 1.46. The molecule has 10 heavy (non-hydrogen) atoms. The normalized spacial score (nSPS) is 12.3. The first-order chi connectivity index (χ1) is 4.27. The summed E-state index contributed by atoms with van der Waals surface area (Å²) in [7, 11) is 0. The van der Waals surface area contributed by atoms with Gasteiger partial charge in [-0.15, -0.1) is 0 Å². The van der Waals surface area contributed by atoms with Crippen LogP contribution in [0.2, 0.25) is 0 Å². The standard InChI is InChI=1S/C8H18S.Na/c1-3-4-5-6-7-8(2)9;/h8-9H,3-7H2,1-2H3;/q;+1/p-1. The smallest absolute Gasteiger partial charge is 0.789 e. The fourth-order valence-electron chi connectivity index (χ4n) is 0.859. The van der Waals surface area contributed by atoms with E-state index in [2.05, 4.69) is 13.8 Å². The van der Waals surface area contributed by atoms with Gasteiger partial charge in [-0.3, -0.25) is 0 Å². The predicted octanol–water partition coefficient (Wildman–Crippen LogP) is -0.104. The monoisotopic (exact) mass is 168 g/mol. The summed E-state index contributed by atoms with van der Waals surface area (Å²) in [6.45, 7) is 4.35. The quantitative estimate of drug-likeness (QED) is 0.314. The second kappa shape index (κ2) is 10.3. The van der Waals surface area contributed by atoms with Gasteiger partial charge in [0.25, 0.3) is 0 Å². The van der Waals surface area contributed by atoms with Crippen LogP contribution >= 0.6 is 0 Å². The van der Waals surface area contributed by atoms with E-state index in [9.17, 15) is 0 Å². The Bertz CT molecular complexity index is 55.2. The number of hydrogen-bond donors (Lipinski definition) is 0. The van der Waals surface area contributed by atoms with Gasteiger partial charge in [0.15, 0.2) is 0 Å². The van der Waals surface area contributed by atoms with Crippen molar-refractivity contribution < 1.29 is 29.6 Å². The zero-order valence-corrected chi connectivity index (χ0v) is 10.3. The molecule has 0 aromatic carbocycles. The second-order valence-corrected chi connectivity index (χ2v) is 3.46. The van der Waals surface area contributed by atoms with Gasteiger partial charge in [-0.25, -0.2) is 0 Å². The van der Waals surface area contributed by atoms with Crippen LogP contribution in [0.15, 0.2) is 0 Å². The Morgan fingerprint density at radius 3 is 2.20 bits per heavy atom. The molecule has 0 N–H and O–H groups in total. The van der Waals surface area contributed by atoms with Crippen molar-refractivity contribution in [3.05, 3.63) is 0 Å².